The Balaban J connectivity index is 1.38. The van der Waals surface area contributed by atoms with E-state index in [0.717, 1.165) is 23.4 Å². The first-order valence-corrected chi connectivity index (χ1v) is 12.0. The SMILES string of the molecule is C[C@H]1CCCC[C@H]1NC(=O)CSc1nnc(-c2ccc3c(c2)OCO3)n1-c1ccccc1. The van der Waals surface area contributed by atoms with Gasteiger partial charge < -0.3 is 14.8 Å². The summed E-state index contributed by atoms with van der Waals surface area (Å²) in [4.78, 5) is 12.7. The number of ether oxygens (including phenoxy) is 2. The van der Waals surface area contributed by atoms with E-state index in [1.54, 1.807) is 0 Å². The van der Waals surface area contributed by atoms with E-state index in [1.807, 2.05) is 53.1 Å². The Morgan fingerprint density at radius 2 is 1.91 bits per heavy atom. The van der Waals surface area contributed by atoms with Crippen LogP contribution >= 0.6 is 11.8 Å². The van der Waals surface area contributed by atoms with E-state index >= 15 is 0 Å². The van der Waals surface area contributed by atoms with Crippen molar-refractivity contribution in [3.63, 3.8) is 0 Å². The predicted octanol–water partition coefficient (Wildman–Crippen LogP) is 4.45. The molecule has 32 heavy (non-hydrogen) atoms. The second-order valence-corrected chi connectivity index (χ2v) is 9.21. The summed E-state index contributed by atoms with van der Waals surface area (Å²) in [7, 11) is 0. The lowest BCUT2D eigenvalue weighted by molar-refractivity contribution is -0.119. The highest BCUT2D eigenvalue weighted by Crippen LogP contribution is 2.37. The molecule has 2 atom stereocenters. The summed E-state index contributed by atoms with van der Waals surface area (Å²) in [6, 6.07) is 16.0. The van der Waals surface area contributed by atoms with Crippen molar-refractivity contribution in [2.24, 2.45) is 5.92 Å². The van der Waals surface area contributed by atoms with Gasteiger partial charge in [0.2, 0.25) is 12.7 Å². The van der Waals surface area contributed by atoms with Crippen LogP contribution in [0.2, 0.25) is 0 Å². The minimum absolute atomic E-state index is 0.0426. The number of aromatic nitrogens is 3. The molecule has 1 aliphatic heterocycles. The van der Waals surface area contributed by atoms with Crippen LogP contribution in [0.25, 0.3) is 17.1 Å². The molecule has 0 radical (unpaired) electrons. The van der Waals surface area contributed by atoms with E-state index in [9.17, 15) is 4.79 Å². The van der Waals surface area contributed by atoms with E-state index in [0.29, 0.717) is 28.4 Å². The second-order valence-electron chi connectivity index (χ2n) is 8.27. The first-order valence-electron chi connectivity index (χ1n) is 11.0. The molecule has 5 rings (SSSR count). The van der Waals surface area contributed by atoms with Gasteiger partial charge in [-0.1, -0.05) is 49.7 Å². The standard InChI is InChI=1S/C24H26N4O3S/c1-16-7-5-6-10-19(16)25-22(29)14-32-24-27-26-23(28(24)18-8-3-2-4-9-18)17-11-12-20-21(13-17)31-15-30-20/h2-4,8-9,11-13,16,19H,5-7,10,14-15H2,1H3,(H,25,29)/t16-,19+/m0/s1. The highest BCUT2D eigenvalue weighted by Gasteiger charge is 2.24. The Morgan fingerprint density at radius 3 is 2.75 bits per heavy atom. The van der Waals surface area contributed by atoms with E-state index in [1.165, 1.54) is 31.0 Å². The molecule has 7 nitrogen and oxygen atoms in total. The van der Waals surface area contributed by atoms with Crippen molar-refractivity contribution in [1.82, 2.24) is 20.1 Å². The summed E-state index contributed by atoms with van der Waals surface area (Å²) in [6.07, 6.45) is 4.68. The maximum atomic E-state index is 12.7. The minimum atomic E-state index is 0.0426. The van der Waals surface area contributed by atoms with Gasteiger partial charge in [-0.15, -0.1) is 10.2 Å². The second kappa shape index (κ2) is 9.24. The molecule has 3 aromatic rings. The lowest BCUT2D eigenvalue weighted by Gasteiger charge is -2.29. The van der Waals surface area contributed by atoms with Crippen LogP contribution in [0, 0.1) is 5.92 Å². The average molecular weight is 451 g/mol. The van der Waals surface area contributed by atoms with Gasteiger partial charge in [0.25, 0.3) is 0 Å². The number of amides is 1. The molecule has 2 aromatic carbocycles. The molecule has 0 spiro atoms. The third-order valence-corrected chi connectivity index (χ3v) is 7.00. The van der Waals surface area contributed by atoms with Crippen LogP contribution in [-0.4, -0.2) is 39.3 Å². The molecule has 8 heteroatoms. The normalized spacial score (nSPS) is 19.7. The molecule has 0 saturated heterocycles. The number of hydrogen-bond acceptors (Lipinski definition) is 6. The van der Waals surface area contributed by atoms with E-state index < -0.39 is 0 Å². The summed E-state index contributed by atoms with van der Waals surface area (Å²) in [5.74, 6) is 2.99. The fraction of sp³-hybridized carbons (Fsp3) is 0.375. The first kappa shape index (κ1) is 20.9. The molecular weight excluding hydrogens is 424 g/mol. The van der Waals surface area contributed by atoms with E-state index in [4.69, 9.17) is 9.47 Å². The molecule has 1 N–H and O–H groups in total. The molecule has 2 heterocycles. The molecule has 1 aromatic heterocycles. The van der Waals surface area contributed by atoms with Crippen LogP contribution in [-0.2, 0) is 4.79 Å². The number of benzene rings is 2. The van der Waals surface area contributed by atoms with Gasteiger partial charge in [-0.3, -0.25) is 9.36 Å². The molecule has 1 amide bonds. The largest absolute Gasteiger partial charge is 0.454 e. The summed E-state index contributed by atoms with van der Waals surface area (Å²) >= 11 is 1.40. The van der Waals surface area contributed by atoms with E-state index in [-0.39, 0.29) is 18.7 Å². The molecule has 1 fully saturated rings. The number of fused-ring (bicyclic) bond motifs is 1. The zero-order valence-corrected chi connectivity index (χ0v) is 18.8. The van der Waals surface area contributed by atoms with Gasteiger partial charge in [-0.25, -0.2) is 0 Å². The highest BCUT2D eigenvalue weighted by atomic mass is 32.2. The van der Waals surface area contributed by atoms with Crippen LogP contribution < -0.4 is 14.8 Å². The zero-order chi connectivity index (χ0) is 21.9. The number of para-hydroxylation sites is 1. The maximum absolute atomic E-state index is 12.7. The van der Waals surface area contributed by atoms with Crippen LogP contribution in [0.15, 0.2) is 53.7 Å². The molecule has 0 unspecified atom stereocenters. The average Bonchev–Trinajstić information content (AvgIpc) is 3.46. The lowest BCUT2D eigenvalue weighted by atomic mass is 9.86. The van der Waals surface area contributed by atoms with Gasteiger partial charge in [0, 0.05) is 17.3 Å². The Hall–Kier alpha value is -3.00. The fourth-order valence-electron chi connectivity index (χ4n) is 4.31. The van der Waals surface area contributed by atoms with Gasteiger partial charge in [0.05, 0.1) is 5.75 Å². The summed E-state index contributed by atoms with van der Waals surface area (Å²) in [6.45, 7) is 2.45. The van der Waals surface area contributed by atoms with Crippen molar-refractivity contribution in [3.8, 4) is 28.6 Å². The van der Waals surface area contributed by atoms with Crippen molar-refractivity contribution in [2.75, 3.05) is 12.5 Å². The highest BCUT2D eigenvalue weighted by molar-refractivity contribution is 7.99. The Kier molecular flexibility index (Phi) is 6.03. The maximum Gasteiger partial charge on any atom is 0.231 e. The van der Waals surface area contributed by atoms with Crippen molar-refractivity contribution in [3.05, 3.63) is 48.5 Å². The van der Waals surface area contributed by atoms with Gasteiger partial charge in [0.1, 0.15) is 0 Å². The van der Waals surface area contributed by atoms with Crippen molar-refractivity contribution in [2.45, 2.75) is 43.8 Å². The van der Waals surface area contributed by atoms with Crippen molar-refractivity contribution in [1.29, 1.82) is 0 Å². The van der Waals surface area contributed by atoms with Crippen molar-refractivity contribution >= 4 is 17.7 Å². The van der Waals surface area contributed by atoms with Crippen molar-refractivity contribution < 1.29 is 14.3 Å². The molecular formula is C24H26N4O3S. The number of hydrogen-bond donors (Lipinski definition) is 1. The summed E-state index contributed by atoms with van der Waals surface area (Å²) in [5.41, 5.74) is 1.81. The quantitative estimate of drug-likeness (QED) is 0.559. The topological polar surface area (TPSA) is 78.3 Å². The smallest absolute Gasteiger partial charge is 0.231 e. The van der Waals surface area contributed by atoms with E-state index in [2.05, 4.69) is 22.4 Å². The molecule has 0 bridgehead atoms. The van der Waals surface area contributed by atoms with Gasteiger partial charge in [-0.05, 0) is 49.1 Å². The number of thioether (sulfide) groups is 1. The van der Waals surface area contributed by atoms with Gasteiger partial charge in [0.15, 0.2) is 22.5 Å². The molecule has 1 saturated carbocycles. The van der Waals surface area contributed by atoms with Crippen LogP contribution in [0.5, 0.6) is 11.5 Å². The van der Waals surface area contributed by atoms with Gasteiger partial charge in [-0.2, -0.15) is 0 Å². The minimum Gasteiger partial charge on any atom is -0.454 e. The fourth-order valence-corrected chi connectivity index (χ4v) is 5.07. The number of carbonyl (C=O) groups is 1. The molecule has 2 aliphatic rings. The lowest BCUT2D eigenvalue weighted by Crippen LogP contribution is -2.41. The predicted molar refractivity (Wildman–Crippen MR) is 123 cm³/mol. The Morgan fingerprint density at radius 1 is 1.09 bits per heavy atom. The van der Waals surface area contributed by atoms with Crippen LogP contribution in [0.3, 0.4) is 0 Å². The monoisotopic (exact) mass is 450 g/mol. The first-order chi connectivity index (χ1) is 15.7. The molecule has 166 valence electrons. The number of rotatable bonds is 6. The van der Waals surface area contributed by atoms with Crippen LogP contribution in [0.4, 0.5) is 0 Å². The zero-order valence-electron chi connectivity index (χ0n) is 18.0. The molecule has 1 aliphatic carbocycles. The Labute approximate surface area is 191 Å². The van der Waals surface area contributed by atoms with Gasteiger partial charge >= 0.3 is 0 Å². The van der Waals surface area contributed by atoms with Crippen LogP contribution in [0.1, 0.15) is 32.6 Å². The summed E-state index contributed by atoms with van der Waals surface area (Å²) in [5, 5.41) is 12.8. The number of carbonyl (C=O) groups excluding carboxylic acids is 1. The third kappa shape index (κ3) is 4.32. The number of nitrogens with one attached hydrogen (secondary N) is 1. The summed E-state index contributed by atoms with van der Waals surface area (Å²) < 4.78 is 13.0. The number of nitrogens with zero attached hydrogens (tertiary/aromatic N) is 3. The Bertz CT molecular complexity index is 1100. The third-order valence-electron chi connectivity index (χ3n) is 6.07.